The Balaban J connectivity index is 2.25. The highest BCUT2D eigenvalue weighted by atomic mass is 19.1. The van der Waals surface area contributed by atoms with E-state index in [1.54, 1.807) is 19.9 Å². The Morgan fingerprint density at radius 1 is 1.19 bits per heavy atom. The first-order chi connectivity index (χ1) is 9.88. The van der Waals surface area contributed by atoms with Crippen LogP contribution in [0.15, 0.2) is 36.4 Å². The Bertz CT molecular complexity index is 686. The molecule has 0 fully saturated rings. The second-order valence-corrected chi connectivity index (χ2v) is 4.87. The zero-order valence-electron chi connectivity index (χ0n) is 11.7. The van der Waals surface area contributed by atoms with Gasteiger partial charge in [0.1, 0.15) is 11.6 Å². The lowest BCUT2D eigenvalue weighted by atomic mass is 10.1. The zero-order chi connectivity index (χ0) is 15.6. The van der Waals surface area contributed by atoms with E-state index in [0.717, 1.165) is 23.8 Å². The molecule has 1 unspecified atom stereocenters. The second-order valence-electron chi connectivity index (χ2n) is 4.87. The standard InChI is InChI=1S/C16H15F2NO2/c1-9-7-11(16(20)21)3-6-15(9)19-10(2)13-8-12(17)4-5-14(13)18/h3-8,10,19H,1-2H3,(H,20,21). The molecule has 2 aromatic rings. The fourth-order valence-corrected chi connectivity index (χ4v) is 2.12. The molecule has 0 aliphatic rings. The number of anilines is 1. The molecule has 0 radical (unpaired) electrons. The number of benzene rings is 2. The van der Waals surface area contributed by atoms with Crippen LogP contribution in [0, 0.1) is 18.6 Å². The number of nitrogens with one attached hydrogen (secondary N) is 1. The van der Waals surface area contributed by atoms with Crippen LogP contribution in [0.5, 0.6) is 0 Å². The Kier molecular flexibility index (Phi) is 4.21. The van der Waals surface area contributed by atoms with E-state index in [0.29, 0.717) is 5.69 Å². The van der Waals surface area contributed by atoms with Crippen LogP contribution in [0.3, 0.4) is 0 Å². The van der Waals surface area contributed by atoms with Gasteiger partial charge in [-0.1, -0.05) is 0 Å². The van der Waals surface area contributed by atoms with Crippen LogP contribution >= 0.6 is 0 Å². The topological polar surface area (TPSA) is 49.3 Å². The maximum Gasteiger partial charge on any atom is 0.335 e. The van der Waals surface area contributed by atoms with Crippen LogP contribution in [0.4, 0.5) is 14.5 Å². The maximum absolute atomic E-state index is 13.7. The van der Waals surface area contributed by atoms with Crippen LogP contribution in [0.1, 0.15) is 34.5 Å². The Morgan fingerprint density at radius 2 is 1.90 bits per heavy atom. The van der Waals surface area contributed by atoms with Crippen LogP contribution in [-0.4, -0.2) is 11.1 Å². The van der Waals surface area contributed by atoms with Gasteiger partial charge in [-0.2, -0.15) is 0 Å². The van der Waals surface area contributed by atoms with Gasteiger partial charge in [-0.05, 0) is 55.8 Å². The number of rotatable bonds is 4. The van der Waals surface area contributed by atoms with E-state index >= 15 is 0 Å². The van der Waals surface area contributed by atoms with E-state index in [-0.39, 0.29) is 11.1 Å². The molecule has 1 atom stereocenters. The number of carbonyl (C=O) groups is 1. The van der Waals surface area contributed by atoms with Gasteiger partial charge in [-0.15, -0.1) is 0 Å². The maximum atomic E-state index is 13.7. The smallest absolute Gasteiger partial charge is 0.335 e. The van der Waals surface area contributed by atoms with Gasteiger partial charge in [-0.25, -0.2) is 13.6 Å². The molecular formula is C16H15F2NO2. The fourth-order valence-electron chi connectivity index (χ4n) is 2.12. The van der Waals surface area contributed by atoms with Crippen molar-refractivity contribution in [3.05, 3.63) is 64.7 Å². The average molecular weight is 291 g/mol. The second kappa shape index (κ2) is 5.91. The minimum atomic E-state index is -1.01. The van der Waals surface area contributed by atoms with Gasteiger partial charge < -0.3 is 10.4 Å². The molecule has 0 bridgehead atoms. The van der Waals surface area contributed by atoms with Gasteiger partial charge in [0.15, 0.2) is 0 Å². The van der Waals surface area contributed by atoms with E-state index in [9.17, 15) is 13.6 Å². The van der Waals surface area contributed by atoms with Crippen LogP contribution < -0.4 is 5.32 Å². The van der Waals surface area contributed by atoms with Gasteiger partial charge in [0.05, 0.1) is 11.6 Å². The highest BCUT2D eigenvalue weighted by Gasteiger charge is 2.13. The van der Waals surface area contributed by atoms with Gasteiger partial charge in [0.2, 0.25) is 0 Å². The van der Waals surface area contributed by atoms with E-state index < -0.39 is 23.6 Å². The van der Waals surface area contributed by atoms with E-state index in [1.807, 2.05) is 0 Å². The first-order valence-corrected chi connectivity index (χ1v) is 6.44. The first-order valence-electron chi connectivity index (χ1n) is 6.44. The summed E-state index contributed by atoms with van der Waals surface area (Å²) in [5.74, 6) is -2.00. The molecule has 2 aromatic carbocycles. The first kappa shape index (κ1) is 15.0. The number of carboxylic acids is 1. The summed E-state index contributed by atoms with van der Waals surface area (Å²) >= 11 is 0. The molecular weight excluding hydrogens is 276 g/mol. The summed E-state index contributed by atoms with van der Waals surface area (Å²) in [4.78, 5) is 10.9. The molecule has 0 heterocycles. The summed E-state index contributed by atoms with van der Waals surface area (Å²) in [6.07, 6.45) is 0. The molecule has 2 rings (SSSR count). The van der Waals surface area contributed by atoms with Gasteiger partial charge in [-0.3, -0.25) is 0 Å². The van der Waals surface area contributed by atoms with Crippen molar-refractivity contribution >= 4 is 11.7 Å². The highest BCUT2D eigenvalue weighted by Crippen LogP contribution is 2.25. The van der Waals surface area contributed by atoms with Gasteiger partial charge >= 0.3 is 5.97 Å². The van der Waals surface area contributed by atoms with Crippen molar-refractivity contribution in [1.29, 1.82) is 0 Å². The van der Waals surface area contributed by atoms with Crippen molar-refractivity contribution in [2.45, 2.75) is 19.9 Å². The molecule has 0 aromatic heterocycles. The van der Waals surface area contributed by atoms with E-state index in [2.05, 4.69) is 5.32 Å². The fraction of sp³-hybridized carbons (Fsp3) is 0.188. The predicted octanol–water partition coefficient (Wildman–Crippen LogP) is 4.14. The lowest BCUT2D eigenvalue weighted by Gasteiger charge is -2.18. The van der Waals surface area contributed by atoms with E-state index in [1.165, 1.54) is 12.1 Å². The average Bonchev–Trinajstić information content (AvgIpc) is 2.43. The summed E-state index contributed by atoms with van der Waals surface area (Å²) in [5, 5.41) is 12.0. The van der Waals surface area contributed by atoms with Gasteiger partial charge in [0, 0.05) is 11.3 Å². The van der Waals surface area contributed by atoms with Crippen molar-refractivity contribution in [3.63, 3.8) is 0 Å². The lowest BCUT2D eigenvalue weighted by Crippen LogP contribution is -2.10. The summed E-state index contributed by atoms with van der Waals surface area (Å²) in [5.41, 5.74) is 1.80. The number of hydrogen-bond donors (Lipinski definition) is 2. The summed E-state index contributed by atoms with van der Waals surface area (Å²) in [6, 6.07) is 7.46. The highest BCUT2D eigenvalue weighted by molar-refractivity contribution is 5.88. The molecule has 3 nitrogen and oxygen atoms in total. The third-order valence-electron chi connectivity index (χ3n) is 3.27. The van der Waals surface area contributed by atoms with Crippen molar-refractivity contribution < 1.29 is 18.7 Å². The third kappa shape index (κ3) is 3.37. The van der Waals surface area contributed by atoms with Crippen LogP contribution in [-0.2, 0) is 0 Å². The number of halogens is 2. The molecule has 0 saturated carbocycles. The molecule has 0 aliphatic heterocycles. The van der Waals surface area contributed by atoms with Crippen LogP contribution in [0.2, 0.25) is 0 Å². The van der Waals surface area contributed by atoms with E-state index in [4.69, 9.17) is 5.11 Å². The number of aryl methyl sites for hydroxylation is 1. The van der Waals surface area contributed by atoms with Crippen molar-refractivity contribution in [2.75, 3.05) is 5.32 Å². The lowest BCUT2D eigenvalue weighted by molar-refractivity contribution is 0.0697. The quantitative estimate of drug-likeness (QED) is 0.890. The molecule has 0 spiro atoms. The van der Waals surface area contributed by atoms with Crippen molar-refractivity contribution in [1.82, 2.24) is 0 Å². The molecule has 0 aliphatic carbocycles. The minimum absolute atomic E-state index is 0.183. The molecule has 0 saturated heterocycles. The third-order valence-corrected chi connectivity index (χ3v) is 3.27. The summed E-state index contributed by atoms with van der Waals surface area (Å²) in [6.45, 7) is 3.46. The molecule has 0 amide bonds. The molecule has 110 valence electrons. The molecule has 5 heteroatoms. The normalized spacial score (nSPS) is 12.0. The Labute approximate surface area is 121 Å². The number of hydrogen-bond acceptors (Lipinski definition) is 2. The zero-order valence-corrected chi connectivity index (χ0v) is 11.7. The molecule has 2 N–H and O–H groups in total. The monoisotopic (exact) mass is 291 g/mol. The predicted molar refractivity (Wildman–Crippen MR) is 76.5 cm³/mol. The largest absolute Gasteiger partial charge is 0.478 e. The summed E-state index contributed by atoms with van der Waals surface area (Å²) in [7, 11) is 0. The minimum Gasteiger partial charge on any atom is -0.478 e. The van der Waals surface area contributed by atoms with Crippen LogP contribution in [0.25, 0.3) is 0 Å². The summed E-state index contributed by atoms with van der Waals surface area (Å²) < 4.78 is 26.9. The Morgan fingerprint density at radius 3 is 2.52 bits per heavy atom. The van der Waals surface area contributed by atoms with Gasteiger partial charge in [0.25, 0.3) is 0 Å². The number of aromatic carboxylic acids is 1. The van der Waals surface area contributed by atoms with Crippen molar-refractivity contribution in [2.24, 2.45) is 0 Å². The molecule has 21 heavy (non-hydrogen) atoms. The van der Waals surface area contributed by atoms with Crippen molar-refractivity contribution in [3.8, 4) is 0 Å². The number of carboxylic acid groups (broad SMARTS) is 1. The SMILES string of the molecule is Cc1cc(C(=O)O)ccc1NC(C)c1cc(F)ccc1F. The Hall–Kier alpha value is -2.43.